The molecule has 1 aliphatic heterocycles. The number of carbonyl (C=O) groups is 2. The zero-order valence-corrected chi connectivity index (χ0v) is 16.0. The Balaban J connectivity index is 2.37. The molecule has 1 aliphatic rings. The monoisotopic (exact) mass is 404 g/mol. The summed E-state index contributed by atoms with van der Waals surface area (Å²) in [5.41, 5.74) is -4.04. The molecule has 1 aromatic rings. The number of alkyl halides is 3. The van der Waals surface area contributed by atoms with Gasteiger partial charge in [0.05, 0.1) is 13.2 Å². The summed E-state index contributed by atoms with van der Waals surface area (Å²) < 4.78 is 49.5. The van der Waals surface area contributed by atoms with Crippen LogP contribution in [0.2, 0.25) is 0 Å². The number of anilines is 1. The molecule has 1 amide bonds. The number of aliphatic hydroxyl groups is 1. The van der Waals surface area contributed by atoms with E-state index in [-0.39, 0.29) is 25.4 Å². The van der Waals surface area contributed by atoms with Crippen molar-refractivity contribution < 1.29 is 37.3 Å². The number of halogens is 3. The largest absolute Gasteiger partial charge is 0.458 e. The van der Waals surface area contributed by atoms with Crippen molar-refractivity contribution in [2.24, 2.45) is 0 Å². The van der Waals surface area contributed by atoms with Crippen LogP contribution in [0.15, 0.2) is 18.2 Å². The highest BCUT2D eigenvalue weighted by Gasteiger charge is 2.54. The van der Waals surface area contributed by atoms with E-state index in [0.717, 1.165) is 17.0 Å². The van der Waals surface area contributed by atoms with Crippen LogP contribution < -0.4 is 4.90 Å². The first-order chi connectivity index (χ1) is 12.8. The van der Waals surface area contributed by atoms with Gasteiger partial charge in [-0.2, -0.15) is 13.2 Å². The zero-order chi connectivity index (χ0) is 21.3. The quantitative estimate of drug-likeness (QED) is 0.775. The van der Waals surface area contributed by atoms with E-state index in [1.54, 1.807) is 20.8 Å². The molecule has 0 spiro atoms. The summed E-state index contributed by atoms with van der Waals surface area (Å²) in [5.74, 6) is -2.15. The van der Waals surface area contributed by atoms with Crippen LogP contribution in [0.25, 0.3) is 0 Å². The molecule has 1 aromatic heterocycles. The second-order valence-electron chi connectivity index (χ2n) is 7.36. The van der Waals surface area contributed by atoms with Gasteiger partial charge in [-0.1, -0.05) is 13.0 Å². The molecule has 7 nitrogen and oxygen atoms in total. The fraction of sp³-hybridized carbons (Fsp3) is 0.611. The number of hydrogen-bond acceptors (Lipinski definition) is 6. The van der Waals surface area contributed by atoms with Gasteiger partial charge in [0.1, 0.15) is 17.1 Å². The van der Waals surface area contributed by atoms with Gasteiger partial charge in [-0.25, -0.2) is 9.78 Å². The van der Waals surface area contributed by atoms with Gasteiger partial charge in [0, 0.05) is 0 Å². The van der Waals surface area contributed by atoms with Crippen molar-refractivity contribution >= 4 is 17.7 Å². The minimum Gasteiger partial charge on any atom is -0.458 e. The number of carbonyl (C=O) groups excluding carboxylic acids is 2. The molecule has 28 heavy (non-hydrogen) atoms. The highest BCUT2D eigenvalue weighted by atomic mass is 19.4. The Morgan fingerprint density at radius 3 is 2.57 bits per heavy atom. The Morgan fingerprint density at radius 1 is 1.39 bits per heavy atom. The summed E-state index contributed by atoms with van der Waals surface area (Å²) in [6.45, 7) is 6.14. The van der Waals surface area contributed by atoms with Gasteiger partial charge in [-0.15, -0.1) is 0 Å². The highest BCUT2D eigenvalue weighted by molar-refractivity contribution is 6.03. The highest BCUT2D eigenvalue weighted by Crippen LogP contribution is 2.33. The Hall–Kier alpha value is -2.20. The third-order valence-corrected chi connectivity index (χ3v) is 4.18. The predicted octanol–water partition coefficient (Wildman–Crippen LogP) is 2.32. The summed E-state index contributed by atoms with van der Waals surface area (Å²) in [6, 6.07) is 3.17. The number of amides is 1. The van der Waals surface area contributed by atoms with Crippen molar-refractivity contribution in [2.75, 3.05) is 18.1 Å². The number of rotatable bonds is 4. The molecule has 2 heterocycles. The number of ether oxygens (including phenoxy) is 2. The third-order valence-electron chi connectivity index (χ3n) is 4.18. The van der Waals surface area contributed by atoms with Crippen LogP contribution in [-0.4, -0.2) is 52.4 Å². The SMILES string of the molecule is CC[C@]1(C(O)C(=O)OC(C)(C)C)OCCN(c2cccc(C(F)(F)F)n2)C1=O. The molecule has 0 saturated carbocycles. The Labute approximate surface area is 160 Å². The first kappa shape index (κ1) is 22.1. The number of aliphatic hydroxyl groups excluding tert-OH is 1. The molecule has 0 aromatic carbocycles. The Morgan fingerprint density at radius 2 is 2.04 bits per heavy atom. The molecule has 1 saturated heterocycles. The number of hydrogen-bond donors (Lipinski definition) is 1. The normalized spacial score (nSPS) is 22.1. The van der Waals surface area contributed by atoms with Crippen LogP contribution in [-0.2, 0) is 25.2 Å². The van der Waals surface area contributed by atoms with Crippen molar-refractivity contribution in [3.8, 4) is 0 Å². The van der Waals surface area contributed by atoms with Crippen LogP contribution >= 0.6 is 0 Å². The molecule has 0 bridgehead atoms. The van der Waals surface area contributed by atoms with Gasteiger partial charge in [0.25, 0.3) is 5.91 Å². The van der Waals surface area contributed by atoms with E-state index in [1.165, 1.54) is 13.0 Å². The maximum absolute atomic E-state index is 13.1. The van der Waals surface area contributed by atoms with E-state index in [9.17, 15) is 27.9 Å². The molecule has 0 radical (unpaired) electrons. The van der Waals surface area contributed by atoms with Crippen molar-refractivity contribution in [3.05, 3.63) is 23.9 Å². The molecule has 2 rings (SSSR count). The third kappa shape index (κ3) is 4.44. The minimum atomic E-state index is -4.68. The first-order valence-electron chi connectivity index (χ1n) is 8.73. The van der Waals surface area contributed by atoms with Crippen LogP contribution in [0.3, 0.4) is 0 Å². The van der Waals surface area contributed by atoms with Crippen molar-refractivity contribution in [3.63, 3.8) is 0 Å². The van der Waals surface area contributed by atoms with E-state index in [0.29, 0.717) is 0 Å². The predicted molar refractivity (Wildman–Crippen MR) is 92.4 cm³/mol. The molecular formula is C18H23F3N2O5. The number of pyridine rings is 1. The van der Waals surface area contributed by atoms with Gasteiger partial charge in [0.15, 0.2) is 11.7 Å². The lowest BCUT2D eigenvalue weighted by Crippen LogP contribution is -2.64. The van der Waals surface area contributed by atoms with E-state index in [2.05, 4.69) is 4.98 Å². The minimum absolute atomic E-state index is 0.0735. The number of nitrogens with zero attached hydrogens (tertiary/aromatic N) is 2. The van der Waals surface area contributed by atoms with Gasteiger partial charge < -0.3 is 14.6 Å². The summed E-state index contributed by atoms with van der Waals surface area (Å²) in [5, 5.41) is 10.5. The van der Waals surface area contributed by atoms with Crippen molar-refractivity contribution in [1.82, 2.24) is 4.98 Å². The average Bonchev–Trinajstić information content (AvgIpc) is 2.59. The van der Waals surface area contributed by atoms with Gasteiger partial charge >= 0.3 is 12.1 Å². The standard InChI is InChI=1S/C18H23F3N2O5/c1-5-17(13(24)14(25)28-16(2,3)4)15(26)23(9-10-27-17)12-8-6-7-11(22-12)18(19,20)21/h6-8,13,24H,5,9-10H2,1-4H3/t13?,17-/m1/s1. The summed E-state index contributed by atoms with van der Waals surface area (Å²) >= 11 is 0. The molecule has 0 aliphatic carbocycles. The smallest absolute Gasteiger partial charge is 0.433 e. The average molecular weight is 404 g/mol. The fourth-order valence-corrected chi connectivity index (χ4v) is 2.85. The maximum atomic E-state index is 13.1. The summed E-state index contributed by atoms with van der Waals surface area (Å²) in [4.78, 5) is 29.9. The summed E-state index contributed by atoms with van der Waals surface area (Å²) in [6.07, 6.45) is -6.72. The van der Waals surface area contributed by atoms with Crippen LogP contribution in [0.5, 0.6) is 0 Å². The molecular weight excluding hydrogens is 381 g/mol. The molecule has 1 unspecified atom stereocenters. The number of esters is 1. The Bertz CT molecular complexity index is 747. The molecule has 10 heteroatoms. The topological polar surface area (TPSA) is 89.0 Å². The fourth-order valence-electron chi connectivity index (χ4n) is 2.85. The Kier molecular flexibility index (Phi) is 6.05. The lowest BCUT2D eigenvalue weighted by atomic mass is 9.89. The van der Waals surface area contributed by atoms with Crippen LogP contribution in [0.4, 0.5) is 19.0 Å². The lowest BCUT2D eigenvalue weighted by Gasteiger charge is -2.42. The van der Waals surface area contributed by atoms with Gasteiger partial charge in [-0.3, -0.25) is 9.69 Å². The number of morpholine rings is 1. The summed E-state index contributed by atoms with van der Waals surface area (Å²) in [7, 11) is 0. The maximum Gasteiger partial charge on any atom is 0.433 e. The molecule has 1 N–H and O–H groups in total. The number of aromatic nitrogens is 1. The van der Waals surface area contributed by atoms with Crippen LogP contribution in [0.1, 0.15) is 39.8 Å². The second-order valence-corrected chi connectivity index (χ2v) is 7.36. The van der Waals surface area contributed by atoms with Gasteiger partial charge in [0.2, 0.25) is 0 Å². The van der Waals surface area contributed by atoms with E-state index in [4.69, 9.17) is 9.47 Å². The molecule has 156 valence electrons. The zero-order valence-electron chi connectivity index (χ0n) is 16.0. The second kappa shape index (κ2) is 7.67. The lowest BCUT2D eigenvalue weighted by molar-refractivity contribution is -0.195. The van der Waals surface area contributed by atoms with Crippen molar-refractivity contribution in [2.45, 2.75) is 57.6 Å². The van der Waals surface area contributed by atoms with E-state index < -0.39 is 41.1 Å². The van der Waals surface area contributed by atoms with Gasteiger partial charge in [-0.05, 0) is 39.3 Å². The van der Waals surface area contributed by atoms with Crippen LogP contribution in [0, 0.1) is 0 Å². The molecule has 2 atom stereocenters. The van der Waals surface area contributed by atoms with E-state index >= 15 is 0 Å². The van der Waals surface area contributed by atoms with E-state index in [1.807, 2.05) is 0 Å². The van der Waals surface area contributed by atoms with Crippen molar-refractivity contribution in [1.29, 1.82) is 0 Å². The molecule has 1 fully saturated rings. The first-order valence-corrected chi connectivity index (χ1v) is 8.73.